The van der Waals surface area contributed by atoms with E-state index >= 15 is 0 Å². The number of anilines is 1. The summed E-state index contributed by atoms with van der Waals surface area (Å²) in [6.45, 7) is 6.21. The second kappa shape index (κ2) is 6.03. The van der Waals surface area contributed by atoms with Crippen LogP contribution in [-0.4, -0.2) is 48.0 Å². The number of hydrogen-bond donors (Lipinski definition) is 1. The van der Waals surface area contributed by atoms with Gasteiger partial charge in [0.2, 0.25) is 0 Å². The minimum Gasteiger partial charge on any atom is -0.468 e. The van der Waals surface area contributed by atoms with E-state index < -0.39 is 11.5 Å². The Morgan fingerprint density at radius 1 is 1.57 bits per heavy atom. The fraction of sp³-hybridized carbons (Fsp3) is 0.615. The predicted octanol–water partition coefficient (Wildman–Crippen LogP) is 0.258. The zero-order chi connectivity index (χ0) is 15.6. The van der Waals surface area contributed by atoms with E-state index in [2.05, 4.69) is 33.9 Å². The molecule has 21 heavy (non-hydrogen) atoms. The number of piperazine rings is 1. The van der Waals surface area contributed by atoms with E-state index in [0.717, 1.165) is 24.3 Å². The molecule has 8 heteroatoms. The lowest BCUT2D eigenvalue weighted by molar-refractivity contribution is -0.141. The Hall–Kier alpha value is -1.60. The van der Waals surface area contributed by atoms with Crippen molar-refractivity contribution < 1.29 is 9.53 Å². The molecule has 0 amide bonds. The highest BCUT2D eigenvalue weighted by Crippen LogP contribution is 2.28. The molecule has 116 valence electrons. The van der Waals surface area contributed by atoms with Gasteiger partial charge in [0.05, 0.1) is 19.0 Å². The lowest BCUT2D eigenvalue weighted by Crippen LogP contribution is -2.58. The molecule has 1 aromatic rings. The lowest BCUT2D eigenvalue weighted by Gasteiger charge is -2.44. The molecule has 0 saturated carbocycles. The normalized spacial score (nSPS) is 17.6. The van der Waals surface area contributed by atoms with E-state index in [4.69, 9.17) is 11.6 Å². The van der Waals surface area contributed by atoms with Gasteiger partial charge in [0, 0.05) is 25.2 Å². The number of nitrogens with one attached hydrogen (secondary N) is 1. The first-order chi connectivity index (χ1) is 9.86. The molecule has 0 radical (unpaired) electrons. The van der Waals surface area contributed by atoms with Crippen molar-refractivity contribution >= 4 is 23.3 Å². The van der Waals surface area contributed by atoms with Crippen LogP contribution in [0.25, 0.3) is 0 Å². The summed E-state index contributed by atoms with van der Waals surface area (Å²) in [7, 11) is 1.26. The molecule has 1 aromatic heterocycles. The van der Waals surface area contributed by atoms with Crippen LogP contribution in [0.4, 0.5) is 5.69 Å². The molecule has 2 rings (SSSR count). The second-order valence-electron chi connectivity index (χ2n) is 5.52. The molecule has 7 nitrogen and oxygen atoms in total. The smallest absolute Gasteiger partial charge is 0.327 e. The maximum absolute atomic E-state index is 12.2. The minimum absolute atomic E-state index is 0.0730. The number of aromatic nitrogens is 2. The molecule has 0 unspecified atom stereocenters. The van der Waals surface area contributed by atoms with Crippen molar-refractivity contribution in [2.45, 2.75) is 25.9 Å². The molecule has 1 aliphatic heterocycles. The number of nitrogens with zero attached hydrogens (tertiary/aromatic N) is 3. The highest BCUT2D eigenvalue weighted by molar-refractivity contribution is 6.33. The summed E-state index contributed by atoms with van der Waals surface area (Å²) in [5.41, 5.74) is -0.0759. The molecule has 0 spiro atoms. The van der Waals surface area contributed by atoms with Gasteiger partial charge in [-0.1, -0.05) is 11.6 Å². The summed E-state index contributed by atoms with van der Waals surface area (Å²) < 4.78 is 5.54. The van der Waals surface area contributed by atoms with E-state index in [1.807, 2.05) is 0 Å². The largest absolute Gasteiger partial charge is 0.468 e. The van der Waals surface area contributed by atoms with Crippen molar-refractivity contribution in [2.24, 2.45) is 0 Å². The van der Waals surface area contributed by atoms with Gasteiger partial charge in [-0.2, -0.15) is 5.10 Å². The van der Waals surface area contributed by atoms with Gasteiger partial charge in [-0.3, -0.25) is 9.59 Å². The molecule has 1 N–H and O–H groups in total. The number of methoxy groups -OCH3 is 1. The monoisotopic (exact) mass is 314 g/mol. The molecule has 1 saturated heterocycles. The number of carbonyl (C=O) groups excluding carboxylic acids is 1. The van der Waals surface area contributed by atoms with Crippen molar-refractivity contribution in [1.82, 2.24) is 15.1 Å². The zero-order valence-electron chi connectivity index (χ0n) is 12.4. The summed E-state index contributed by atoms with van der Waals surface area (Å²) in [5.74, 6) is -0.545. The van der Waals surface area contributed by atoms with Crippen LogP contribution in [-0.2, 0) is 16.1 Å². The van der Waals surface area contributed by atoms with Gasteiger partial charge in [0.15, 0.2) is 0 Å². The Bertz CT molecular complexity index is 600. The number of hydrogen-bond acceptors (Lipinski definition) is 6. The molecule has 1 fully saturated rings. The van der Waals surface area contributed by atoms with E-state index in [-0.39, 0.29) is 17.1 Å². The second-order valence-corrected chi connectivity index (χ2v) is 5.90. The third-order valence-corrected chi connectivity index (χ3v) is 3.92. The molecule has 0 aromatic carbocycles. The first-order valence-corrected chi connectivity index (χ1v) is 7.05. The van der Waals surface area contributed by atoms with Crippen LogP contribution < -0.4 is 15.8 Å². The summed E-state index contributed by atoms with van der Waals surface area (Å²) in [6.07, 6.45) is 1.53. The van der Waals surface area contributed by atoms with Gasteiger partial charge in [0.25, 0.3) is 5.56 Å². The van der Waals surface area contributed by atoms with Crippen LogP contribution in [0.5, 0.6) is 0 Å². The van der Waals surface area contributed by atoms with Crippen LogP contribution in [0.3, 0.4) is 0 Å². The van der Waals surface area contributed by atoms with E-state index in [9.17, 15) is 9.59 Å². The zero-order valence-corrected chi connectivity index (χ0v) is 13.1. The third kappa shape index (κ3) is 3.19. The van der Waals surface area contributed by atoms with Crippen molar-refractivity contribution in [1.29, 1.82) is 0 Å². The van der Waals surface area contributed by atoms with Crippen molar-refractivity contribution in [3.63, 3.8) is 0 Å². The maximum atomic E-state index is 12.2. The Morgan fingerprint density at radius 3 is 2.90 bits per heavy atom. The van der Waals surface area contributed by atoms with E-state index in [1.165, 1.54) is 13.3 Å². The van der Waals surface area contributed by atoms with Crippen LogP contribution >= 0.6 is 11.6 Å². The molecular formula is C13H19ClN4O3. The summed E-state index contributed by atoms with van der Waals surface area (Å²) in [4.78, 5) is 25.5. The topological polar surface area (TPSA) is 76.5 Å². The molecule has 2 heterocycles. The number of esters is 1. The van der Waals surface area contributed by atoms with Gasteiger partial charge < -0.3 is 15.0 Å². The Balaban J connectivity index is 2.36. The molecule has 0 atom stereocenters. The average molecular weight is 315 g/mol. The average Bonchev–Trinajstić information content (AvgIpc) is 2.44. The Kier molecular flexibility index (Phi) is 4.53. The SMILES string of the molecule is COC(=O)Cn1ncc(N2CCNCC2(C)C)c(Cl)c1=O. The van der Waals surface area contributed by atoms with Gasteiger partial charge >= 0.3 is 5.97 Å². The number of rotatable bonds is 3. The van der Waals surface area contributed by atoms with Crippen LogP contribution in [0.2, 0.25) is 5.02 Å². The standard InChI is InChI=1S/C13H19ClN4O3/c1-13(2)8-15-4-5-17(13)9-6-16-18(7-10(19)21-3)12(20)11(9)14/h6,15H,4-5,7-8H2,1-3H3. The highest BCUT2D eigenvalue weighted by Gasteiger charge is 2.32. The maximum Gasteiger partial charge on any atom is 0.327 e. The minimum atomic E-state index is -0.545. The predicted molar refractivity (Wildman–Crippen MR) is 79.8 cm³/mol. The van der Waals surface area contributed by atoms with Crippen LogP contribution in [0, 0.1) is 0 Å². The van der Waals surface area contributed by atoms with Crippen molar-refractivity contribution in [2.75, 3.05) is 31.6 Å². The first-order valence-electron chi connectivity index (χ1n) is 6.67. The first kappa shape index (κ1) is 15.8. The molecular weight excluding hydrogens is 296 g/mol. The number of ether oxygens (including phenoxy) is 1. The summed E-state index contributed by atoms with van der Waals surface area (Å²) in [5, 5.41) is 7.40. The quantitative estimate of drug-likeness (QED) is 0.807. The molecule has 0 aliphatic carbocycles. The van der Waals surface area contributed by atoms with Crippen LogP contribution in [0.15, 0.2) is 11.0 Å². The van der Waals surface area contributed by atoms with E-state index in [0.29, 0.717) is 5.69 Å². The summed E-state index contributed by atoms with van der Waals surface area (Å²) in [6, 6.07) is 0. The third-order valence-electron chi connectivity index (χ3n) is 3.56. The molecule has 0 bridgehead atoms. The lowest BCUT2D eigenvalue weighted by atomic mass is 9.99. The van der Waals surface area contributed by atoms with Gasteiger partial charge in [-0.15, -0.1) is 0 Å². The van der Waals surface area contributed by atoms with E-state index in [1.54, 1.807) is 0 Å². The van der Waals surface area contributed by atoms with Crippen LogP contribution in [0.1, 0.15) is 13.8 Å². The highest BCUT2D eigenvalue weighted by atomic mass is 35.5. The van der Waals surface area contributed by atoms with Crippen molar-refractivity contribution in [3.8, 4) is 0 Å². The van der Waals surface area contributed by atoms with Gasteiger partial charge in [-0.25, -0.2) is 4.68 Å². The Morgan fingerprint density at radius 2 is 2.29 bits per heavy atom. The fourth-order valence-electron chi connectivity index (χ4n) is 2.37. The van der Waals surface area contributed by atoms with Gasteiger partial charge in [0.1, 0.15) is 11.6 Å². The number of halogens is 1. The van der Waals surface area contributed by atoms with Crippen molar-refractivity contribution in [3.05, 3.63) is 21.6 Å². The fourth-order valence-corrected chi connectivity index (χ4v) is 2.62. The molecule has 1 aliphatic rings. The number of carbonyl (C=O) groups is 1. The summed E-state index contributed by atoms with van der Waals surface area (Å²) >= 11 is 6.20. The van der Waals surface area contributed by atoms with Gasteiger partial charge in [-0.05, 0) is 13.8 Å². The Labute approximate surface area is 127 Å².